The van der Waals surface area contributed by atoms with Gasteiger partial charge in [-0.15, -0.1) is 12.8 Å². The third-order valence-corrected chi connectivity index (χ3v) is 6.87. The lowest BCUT2D eigenvalue weighted by molar-refractivity contribution is -0.387. The van der Waals surface area contributed by atoms with Crippen molar-refractivity contribution in [2.75, 3.05) is 13.1 Å². The average molecular weight is 454 g/mol. The number of nitro groups is 1. The Labute approximate surface area is 197 Å². The van der Waals surface area contributed by atoms with Crippen LogP contribution in [-0.4, -0.2) is 24.1 Å². The minimum atomic E-state index is -0.335. The van der Waals surface area contributed by atoms with Gasteiger partial charge in [0.25, 0.3) is 5.69 Å². The van der Waals surface area contributed by atoms with Gasteiger partial charge in [0.2, 0.25) is 0 Å². The van der Waals surface area contributed by atoms with E-state index in [1.807, 2.05) is 6.07 Å². The zero-order valence-electron chi connectivity index (χ0n) is 19.0. The van der Waals surface area contributed by atoms with Gasteiger partial charge in [0, 0.05) is 12.1 Å². The number of rotatable bonds is 6. The summed E-state index contributed by atoms with van der Waals surface area (Å²) in [7, 11) is 0. The number of aryl methyl sites for hydroxylation is 1. The van der Waals surface area contributed by atoms with E-state index in [1.54, 1.807) is 18.2 Å². The number of piperidine rings is 1. The lowest BCUT2D eigenvalue weighted by Crippen LogP contribution is -2.28. The molecule has 32 heavy (non-hydrogen) atoms. The monoisotopic (exact) mass is 453 g/mol. The topological polar surface area (TPSA) is 67.2 Å². The molecular weight excluding hydrogens is 418 g/mol. The van der Waals surface area contributed by atoms with Gasteiger partial charge < -0.3 is 5.32 Å². The molecule has 0 bridgehead atoms. The minimum Gasteiger partial charge on any atom is -0.317 e. The van der Waals surface area contributed by atoms with Gasteiger partial charge in [0.05, 0.1) is 4.92 Å². The van der Waals surface area contributed by atoms with Crippen molar-refractivity contribution in [1.29, 1.82) is 0 Å². The molecule has 1 heterocycles. The summed E-state index contributed by atoms with van der Waals surface area (Å²) in [6, 6.07) is 16.3. The number of hydrogen-bond acceptors (Lipinski definition) is 5. The van der Waals surface area contributed by atoms with Crippen LogP contribution < -0.4 is 10.0 Å². The smallest absolute Gasteiger partial charge is 0.284 e. The van der Waals surface area contributed by atoms with E-state index in [0.717, 1.165) is 5.92 Å². The maximum absolute atomic E-state index is 10.8. The molecule has 2 aromatic carbocycles. The van der Waals surface area contributed by atoms with Gasteiger partial charge in [0.15, 0.2) is 0 Å². The highest BCUT2D eigenvalue weighted by atomic mass is 32.2. The molecule has 0 unspecified atom stereocenters. The van der Waals surface area contributed by atoms with Crippen LogP contribution >= 0.6 is 11.9 Å². The molecule has 2 aromatic rings. The molecule has 0 aromatic heterocycles. The lowest BCUT2D eigenvalue weighted by atomic mass is 9.91. The highest BCUT2D eigenvalue weighted by molar-refractivity contribution is 7.97. The molecule has 172 valence electrons. The fourth-order valence-corrected chi connectivity index (χ4v) is 4.95. The van der Waals surface area contributed by atoms with Crippen LogP contribution in [0, 0.1) is 35.8 Å². The largest absolute Gasteiger partial charge is 0.317 e. The summed E-state index contributed by atoms with van der Waals surface area (Å²) in [6.45, 7) is 4.56. The molecule has 1 aliphatic carbocycles. The first-order chi connectivity index (χ1) is 15.6. The summed E-state index contributed by atoms with van der Waals surface area (Å²) < 4.78 is 3.31. The van der Waals surface area contributed by atoms with Crippen molar-refractivity contribution in [3.8, 4) is 12.8 Å². The maximum atomic E-state index is 10.8. The van der Waals surface area contributed by atoms with E-state index in [9.17, 15) is 10.1 Å². The highest BCUT2D eigenvalue weighted by Gasteiger charge is 2.18. The first-order valence-corrected chi connectivity index (χ1v) is 12.2. The molecular formula is C26H35N3O2S. The molecule has 1 saturated carbocycles. The summed E-state index contributed by atoms with van der Waals surface area (Å²) in [4.78, 5) is 11.1. The van der Waals surface area contributed by atoms with Crippen molar-refractivity contribution < 1.29 is 4.92 Å². The fourth-order valence-electron chi connectivity index (χ4n) is 4.03. The standard InChI is InChI=1S/C13H19N.C11H14N2O2S.C2H2/c1-11-2-4-12(5-3-11)10-13-6-8-14-9-7-13;14-13(15)10-7-3-4-8-11(10)16-12-9-5-1-2-6-9;1-2/h2-5,13-14H,6-10H2,1H3;3-4,7-9,12H,1-2,5-6H2;1-2H. The second-order valence-electron chi connectivity index (χ2n) is 8.31. The Hall–Kier alpha value is -2.33. The summed E-state index contributed by atoms with van der Waals surface area (Å²) in [5.41, 5.74) is 3.04. The Balaban J connectivity index is 0.000000212. The minimum absolute atomic E-state index is 0.179. The van der Waals surface area contributed by atoms with Gasteiger partial charge in [0.1, 0.15) is 4.90 Å². The zero-order chi connectivity index (χ0) is 23.2. The zero-order valence-corrected chi connectivity index (χ0v) is 19.8. The van der Waals surface area contributed by atoms with Gasteiger partial charge >= 0.3 is 0 Å². The molecule has 0 radical (unpaired) electrons. The van der Waals surface area contributed by atoms with Crippen LogP contribution in [0.1, 0.15) is 49.7 Å². The van der Waals surface area contributed by atoms with Crippen LogP contribution in [0.4, 0.5) is 5.69 Å². The molecule has 4 rings (SSSR count). The quantitative estimate of drug-likeness (QED) is 0.246. The summed E-state index contributed by atoms with van der Waals surface area (Å²) in [5.74, 6) is 0.902. The number of para-hydroxylation sites is 1. The molecule has 2 aliphatic rings. The SMILES string of the molecule is C#C.Cc1ccc(CC2CCNCC2)cc1.O=[N+]([O-])c1ccccc1SNC1CCCC1. The van der Waals surface area contributed by atoms with E-state index in [-0.39, 0.29) is 10.6 Å². The van der Waals surface area contributed by atoms with E-state index < -0.39 is 0 Å². The van der Waals surface area contributed by atoms with Crippen molar-refractivity contribution >= 4 is 17.6 Å². The van der Waals surface area contributed by atoms with Gasteiger partial charge in [-0.2, -0.15) is 0 Å². The Morgan fingerprint density at radius 3 is 2.28 bits per heavy atom. The van der Waals surface area contributed by atoms with Crippen LogP contribution in [0.3, 0.4) is 0 Å². The van der Waals surface area contributed by atoms with Gasteiger partial charge in [-0.25, -0.2) is 0 Å². The molecule has 1 aliphatic heterocycles. The van der Waals surface area contributed by atoms with Gasteiger partial charge in [-0.1, -0.05) is 54.8 Å². The molecule has 2 fully saturated rings. The van der Waals surface area contributed by atoms with Crippen molar-refractivity contribution in [3.05, 3.63) is 69.8 Å². The number of nitro benzene ring substituents is 1. The average Bonchev–Trinajstić information content (AvgIpc) is 3.36. The fraction of sp³-hybridized carbons (Fsp3) is 0.462. The molecule has 1 saturated heterocycles. The van der Waals surface area contributed by atoms with Crippen molar-refractivity contribution in [3.63, 3.8) is 0 Å². The van der Waals surface area contributed by atoms with Crippen molar-refractivity contribution in [1.82, 2.24) is 10.0 Å². The van der Waals surface area contributed by atoms with E-state index >= 15 is 0 Å². The number of nitrogens with one attached hydrogen (secondary N) is 2. The number of hydrogen-bond donors (Lipinski definition) is 2. The van der Waals surface area contributed by atoms with Crippen LogP contribution in [0.15, 0.2) is 53.4 Å². The summed E-state index contributed by atoms with van der Waals surface area (Å²) in [6.07, 6.45) is 16.8. The van der Waals surface area contributed by atoms with Crippen LogP contribution in [0.25, 0.3) is 0 Å². The molecule has 5 nitrogen and oxygen atoms in total. The maximum Gasteiger partial charge on any atom is 0.284 e. The normalized spacial score (nSPS) is 16.3. The molecule has 2 N–H and O–H groups in total. The summed E-state index contributed by atoms with van der Waals surface area (Å²) >= 11 is 1.38. The summed E-state index contributed by atoms with van der Waals surface area (Å²) in [5, 5.41) is 14.2. The van der Waals surface area contributed by atoms with E-state index in [2.05, 4.69) is 54.1 Å². The molecule has 6 heteroatoms. The molecule has 0 amide bonds. The predicted molar refractivity (Wildman–Crippen MR) is 135 cm³/mol. The van der Waals surface area contributed by atoms with Crippen LogP contribution in [-0.2, 0) is 6.42 Å². The second-order valence-corrected chi connectivity index (χ2v) is 9.19. The van der Waals surface area contributed by atoms with Crippen molar-refractivity contribution in [2.45, 2.75) is 62.8 Å². The second kappa shape index (κ2) is 14.7. The van der Waals surface area contributed by atoms with Gasteiger partial charge in [-0.05, 0) is 81.6 Å². The van der Waals surface area contributed by atoms with E-state index in [4.69, 9.17) is 0 Å². The Kier molecular flexibility index (Phi) is 11.9. The van der Waals surface area contributed by atoms with Crippen LogP contribution in [0.2, 0.25) is 0 Å². The third kappa shape index (κ3) is 9.04. The highest BCUT2D eigenvalue weighted by Crippen LogP contribution is 2.29. The van der Waals surface area contributed by atoms with Gasteiger partial charge in [-0.3, -0.25) is 14.8 Å². The first kappa shape index (κ1) is 25.9. The Morgan fingerprint density at radius 2 is 1.66 bits per heavy atom. The number of nitrogens with zero attached hydrogens (tertiary/aromatic N) is 1. The predicted octanol–water partition coefficient (Wildman–Crippen LogP) is 5.92. The third-order valence-electron chi connectivity index (χ3n) is 5.86. The van der Waals surface area contributed by atoms with Crippen LogP contribution in [0.5, 0.6) is 0 Å². The van der Waals surface area contributed by atoms with E-state index in [0.29, 0.717) is 10.9 Å². The number of terminal acetylenes is 1. The van der Waals surface area contributed by atoms with E-state index in [1.165, 1.54) is 81.1 Å². The lowest BCUT2D eigenvalue weighted by Gasteiger charge is -2.22. The first-order valence-electron chi connectivity index (χ1n) is 11.4. The van der Waals surface area contributed by atoms with Crippen molar-refractivity contribution in [2.24, 2.45) is 5.92 Å². The molecule has 0 spiro atoms. The Morgan fingerprint density at radius 1 is 1.03 bits per heavy atom. The molecule has 0 atom stereocenters. The Bertz CT molecular complexity index is 826. The number of benzene rings is 2.